The Morgan fingerprint density at radius 2 is 1.45 bits per heavy atom. The Labute approximate surface area is 181 Å². The van der Waals surface area contributed by atoms with Crippen molar-refractivity contribution >= 4 is 11.8 Å². The molecule has 0 fully saturated rings. The van der Waals surface area contributed by atoms with Crippen LogP contribution in [0.3, 0.4) is 0 Å². The maximum Gasteiger partial charge on any atom is 0.251 e. The molecule has 0 saturated carbocycles. The Balaban J connectivity index is 1.96. The van der Waals surface area contributed by atoms with E-state index in [1.54, 1.807) is 43.6 Å². The first kappa shape index (κ1) is 21.3. The number of hydrogen-bond donors (Lipinski definition) is 2. The molecule has 152 valence electrons. The number of carbonyl (C=O) groups is 2. The van der Waals surface area contributed by atoms with E-state index in [4.69, 9.17) is 0 Å². The van der Waals surface area contributed by atoms with Crippen LogP contribution >= 0.6 is 0 Å². The molecule has 0 aliphatic rings. The van der Waals surface area contributed by atoms with Crippen LogP contribution in [0.1, 0.15) is 39.8 Å². The third-order valence-corrected chi connectivity index (χ3v) is 4.25. The first-order valence-corrected chi connectivity index (χ1v) is 9.59. The van der Waals surface area contributed by atoms with Crippen molar-refractivity contribution in [1.29, 1.82) is 0 Å². The van der Waals surface area contributed by atoms with Crippen LogP contribution in [0.5, 0.6) is 0 Å². The Morgan fingerprint density at radius 3 is 2.00 bits per heavy atom. The second-order valence-corrected chi connectivity index (χ2v) is 6.50. The lowest BCUT2D eigenvalue weighted by atomic mass is 10.0. The van der Waals surface area contributed by atoms with Crippen LogP contribution in [0.25, 0.3) is 0 Å². The molecule has 0 spiro atoms. The van der Waals surface area contributed by atoms with Crippen molar-refractivity contribution in [3.05, 3.63) is 95.1 Å². The number of rotatable bonds is 3. The van der Waals surface area contributed by atoms with E-state index in [9.17, 15) is 9.59 Å². The minimum absolute atomic E-state index is 0.277. The summed E-state index contributed by atoms with van der Waals surface area (Å²) in [6, 6.07) is 15.3. The molecule has 0 radical (unpaired) electrons. The molecule has 31 heavy (non-hydrogen) atoms. The van der Waals surface area contributed by atoms with E-state index < -0.39 is 6.04 Å². The van der Waals surface area contributed by atoms with Crippen LogP contribution < -0.4 is 10.6 Å². The first-order valence-electron chi connectivity index (χ1n) is 9.59. The Kier molecular flexibility index (Phi) is 7.13. The van der Waals surface area contributed by atoms with Crippen LogP contribution in [0.15, 0.2) is 67.0 Å². The molecule has 0 bridgehead atoms. The van der Waals surface area contributed by atoms with E-state index in [-0.39, 0.29) is 11.8 Å². The van der Waals surface area contributed by atoms with Gasteiger partial charge in [-0.25, -0.2) is 9.97 Å². The number of likely N-dealkylation sites (N-methyl/N-ethyl adjacent to an activating group) is 1. The summed E-state index contributed by atoms with van der Waals surface area (Å²) in [5.41, 5.74) is 2.85. The number of nitrogens with one attached hydrogen (secondary N) is 2. The highest BCUT2D eigenvalue weighted by molar-refractivity contribution is 5.97. The van der Waals surface area contributed by atoms with Crippen molar-refractivity contribution in [3.63, 3.8) is 0 Å². The van der Waals surface area contributed by atoms with Gasteiger partial charge in [0.1, 0.15) is 17.4 Å². The highest BCUT2D eigenvalue weighted by Crippen LogP contribution is 2.12. The summed E-state index contributed by atoms with van der Waals surface area (Å²) in [6.07, 6.45) is 3.34. The average Bonchev–Trinajstić information content (AvgIpc) is 2.82. The summed E-state index contributed by atoms with van der Waals surface area (Å²) < 4.78 is 0. The van der Waals surface area contributed by atoms with Gasteiger partial charge in [0.25, 0.3) is 5.91 Å². The monoisotopic (exact) mass is 408 g/mol. The van der Waals surface area contributed by atoms with Gasteiger partial charge in [0.15, 0.2) is 0 Å². The van der Waals surface area contributed by atoms with Crippen LogP contribution in [0.2, 0.25) is 0 Å². The molecule has 2 N–H and O–H groups in total. The Bertz CT molecular complexity index is 1200. The van der Waals surface area contributed by atoms with Gasteiger partial charge in [-0.05, 0) is 61.2 Å². The molecule has 6 heteroatoms. The minimum Gasteiger partial charge on any atom is -0.357 e. The normalized spacial score (nSPS) is 10.5. The highest BCUT2D eigenvalue weighted by atomic mass is 16.2. The third kappa shape index (κ3) is 6.03. The fourth-order valence-electron chi connectivity index (χ4n) is 2.60. The number of nitrogens with zero attached hydrogens (tertiary/aromatic N) is 2. The lowest BCUT2D eigenvalue weighted by molar-refractivity contribution is -0.122. The maximum absolute atomic E-state index is 12.6. The molecule has 2 amide bonds. The third-order valence-electron chi connectivity index (χ3n) is 4.25. The number of aromatic nitrogens is 2. The molecule has 2 heterocycles. The zero-order valence-electron chi connectivity index (χ0n) is 17.1. The second kappa shape index (κ2) is 10.4. The summed E-state index contributed by atoms with van der Waals surface area (Å²) in [6.45, 7) is 1.62. The molecule has 6 nitrogen and oxygen atoms in total. The summed E-state index contributed by atoms with van der Waals surface area (Å²) >= 11 is 0. The SMILES string of the molecule is CNC(=O)[C@H](C)NC(=O)c1ccc(C#Cc2ccccn2)c(C#Cc2ccccn2)c1. The van der Waals surface area contributed by atoms with Crippen LogP contribution in [-0.4, -0.2) is 34.9 Å². The molecule has 2 aromatic heterocycles. The van der Waals surface area contributed by atoms with Crippen molar-refractivity contribution < 1.29 is 9.59 Å². The van der Waals surface area contributed by atoms with Gasteiger partial charge in [0, 0.05) is 36.1 Å². The number of amides is 2. The zero-order valence-corrected chi connectivity index (χ0v) is 17.1. The van der Waals surface area contributed by atoms with Crippen molar-refractivity contribution in [1.82, 2.24) is 20.6 Å². The van der Waals surface area contributed by atoms with Gasteiger partial charge in [-0.15, -0.1) is 0 Å². The average molecular weight is 408 g/mol. The molecule has 1 atom stereocenters. The van der Waals surface area contributed by atoms with Gasteiger partial charge >= 0.3 is 0 Å². The molecule has 0 aliphatic heterocycles. The van der Waals surface area contributed by atoms with Gasteiger partial charge in [-0.3, -0.25) is 9.59 Å². The topological polar surface area (TPSA) is 84.0 Å². The van der Waals surface area contributed by atoms with Gasteiger partial charge in [-0.2, -0.15) is 0 Å². The predicted molar refractivity (Wildman–Crippen MR) is 118 cm³/mol. The lowest BCUT2D eigenvalue weighted by Gasteiger charge is -2.12. The summed E-state index contributed by atoms with van der Waals surface area (Å²) in [7, 11) is 1.52. The lowest BCUT2D eigenvalue weighted by Crippen LogP contribution is -2.43. The van der Waals surface area contributed by atoms with E-state index in [2.05, 4.69) is 44.3 Å². The van der Waals surface area contributed by atoms with E-state index in [0.717, 1.165) is 0 Å². The van der Waals surface area contributed by atoms with E-state index >= 15 is 0 Å². The summed E-state index contributed by atoms with van der Waals surface area (Å²) in [4.78, 5) is 32.7. The Morgan fingerprint density at radius 1 is 0.839 bits per heavy atom. The van der Waals surface area contributed by atoms with Crippen molar-refractivity contribution in [3.8, 4) is 23.7 Å². The number of pyridine rings is 2. The largest absolute Gasteiger partial charge is 0.357 e. The predicted octanol–water partition coefficient (Wildman–Crippen LogP) is 2.14. The maximum atomic E-state index is 12.6. The standard InChI is InChI=1S/C25H20N4O2/c1-18(24(30)26-2)29-25(31)21-10-9-19(11-13-22-7-3-5-15-27-22)20(17-21)12-14-23-8-4-6-16-28-23/h3-10,15-18H,1-2H3,(H,26,30)(H,29,31)/t18-/m0/s1. The zero-order chi connectivity index (χ0) is 22.1. The molecule has 3 aromatic rings. The number of carbonyl (C=O) groups excluding carboxylic acids is 2. The van der Waals surface area contributed by atoms with Gasteiger partial charge in [0.05, 0.1) is 0 Å². The van der Waals surface area contributed by atoms with Crippen molar-refractivity contribution in [2.45, 2.75) is 13.0 Å². The van der Waals surface area contributed by atoms with Crippen LogP contribution in [0, 0.1) is 23.7 Å². The quantitative estimate of drug-likeness (QED) is 0.651. The molecular weight excluding hydrogens is 388 g/mol. The molecule has 0 saturated heterocycles. The molecule has 0 aliphatic carbocycles. The van der Waals surface area contributed by atoms with E-state index in [0.29, 0.717) is 28.1 Å². The number of benzene rings is 1. The minimum atomic E-state index is -0.663. The van der Waals surface area contributed by atoms with Crippen LogP contribution in [0.4, 0.5) is 0 Å². The molecule has 0 unspecified atom stereocenters. The highest BCUT2D eigenvalue weighted by Gasteiger charge is 2.16. The van der Waals surface area contributed by atoms with Crippen molar-refractivity contribution in [2.24, 2.45) is 0 Å². The molecular formula is C25H20N4O2. The summed E-state index contributed by atoms with van der Waals surface area (Å²) in [5.74, 6) is 11.5. The van der Waals surface area contributed by atoms with Gasteiger partial charge < -0.3 is 10.6 Å². The van der Waals surface area contributed by atoms with E-state index in [1.807, 2.05) is 30.3 Å². The van der Waals surface area contributed by atoms with E-state index in [1.165, 1.54) is 7.05 Å². The summed E-state index contributed by atoms with van der Waals surface area (Å²) in [5, 5.41) is 5.17. The molecule has 1 aromatic carbocycles. The molecule has 3 rings (SSSR count). The number of hydrogen-bond acceptors (Lipinski definition) is 4. The fraction of sp³-hybridized carbons (Fsp3) is 0.120. The second-order valence-electron chi connectivity index (χ2n) is 6.50. The van der Waals surface area contributed by atoms with Crippen LogP contribution in [-0.2, 0) is 4.79 Å². The smallest absolute Gasteiger partial charge is 0.251 e. The Hall–Kier alpha value is -4.42. The van der Waals surface area contributed by atoms with Gasteiger partial charge in [0.2, 0.25) is 5.91 Å². The first-order chi connectivity index (χ1) is 15.1. The fourth-order valence-corrected chi connectivity index (χ4v) is 2.60. The van der Waals surface area contributed by atoms with Crippen molar-refractivity contribution in [2.75, 3.05) is 7.05 Å². The van der Waals surface area contributed by atoms with Gasteiger partial charge in [-0.1, -0.05) is 24.0 Å².